The largest absolute Gasteiger partial charge is 0.458 e. The lowest BCUT2D eigenvalue weighted by atomic mass is 10.0. The van der Waals surface area contributed by atoms with Gasteiger partial charge in [0.15, 0.2) is 0 Å². The third kappa shape index (κ3) is 5.37. The first kappa shape index (κ1) is 16.9. The van der Waals surface area contributed by atoms with Crippen LogP contribution in [0, 0.1) is 5.92 Å². The highest BCUT2D eigenvalue weighted by Gasteiger charge is 2.29. The summed E-state index contributed by atoms with van der Waals surface area (Å²) >= 11 is 0. The molecule has 1 aromatic rings. The van der Waals surface area contributed by atoms with Gasteiger partial charge < -0.3 is 15.0 Å². The number of nitrogens with zero attached hydrogens (tertiary/aromatic N) is 1. The molecule has 1 heterocycles. The highest BCUT2D eigenvalue weighted by atomic mass is 16.6. The third-order valence-electron chi connectivity index (χ3n) is 2.52. The average molecular weight is 295 g/mol. The van der Waals surface area contributed by atoms with E-state index >= 15 is 0 Å². The first-order chi connectivity index (χ1) is 9.60. The molecule has 1 aromatic heterocycles. The molecule has 1 rings (SSSR count). The number of aromatic amines is 1. The zero-order valence-corrected chi connectivity index (χ0v) is 12.9. The van der Waals surface area contributed by atoms with Crippen LogP contribution < -0.4 is 10.9 Å². The quantitative estimate of drug-likeness (QED) is 0.802. The van der Waals surface area contributed by atoms with Crippen molar-refractivity contribution in [2.75, 3.05) is 0 Å². The topological polar surface area (TPSA) is 101 Å². The average Bonchev–Trinajstić information content (AvgIpc) is 2.33. The van der Waals surface area contributed by atoms with Crippen molar-refractivity contribution in [3.8, 4) is 0 Å². The standard InChI is InChI=1S/C14H21N3O4/c1-8(2)11(13(20)21-14(3,4)5)17-12(19)9-6-16-10(18)7-15-9/h6-8,11H,1-5H3,(H,16,18)(H,17,19)/t11-/m1/s1. The summed E-state index contributed by atoms with van der Waals surface area (Å²) in [6.07, 6.45) is 2.21. The number of carbonyl (C=O) groups excluding carboxylic acids is 2. The van der Waals surface area contributed by atoms with Crippen LogP contribution >= 0.6 is 0 Å². The fourth-order valence-electron chi connectivity index (χ4n) is 1.54. The Balaban J connectivity index is 2.83. The number of ether oxygens (including phenoxy) is 1. The lowest BCUT2D eigenvalue weighted by molar-refractivity contribution is -0.158. The van der Waals surface area contributed by atoms with Gasteiger partial charge >= 0.3 is 5.97 Å². The maximum absolute atomic E-state index is 12.1. The molecule has 1 amide bonds. The van der Waals surface area contributed by atoms with E-state index in [1.165, 1.54) is 6.20 Å². The molecule has 0 spiro atoms. The highest BCUT2D eigenvalue weighted by molar-refractivity contribution is 5.95. The summed E-state index contributed by atoms with van der Waals surface area (Å²) in [5.74, 6) is -1.20. The second-order valence-electron chi connectivity index (χ2n) is 6.02. The Morgan fingerprint density at radius 2 is 1.95 bits per heavy atom. The number of hydrogen-bond donors (Lipinski definition) is 2. The van der Waals surface area contributed by atoms with Crippen molar-refractivity contribution in [3.05, 3.63) is 28.4 Å². The Bertz CT molecular complexity index is 552. The monoisotopic (exact) mass is 295 g/mol. The van der Waals surface area contributed by atoms with Gasteiger partial charge in [-0.1, -0.05) is 13.8 Å². The lowest BCUT2D eigenvalue weighted by Gasteiger charge is -2.26. The lowest BCUT2D eigenvalue weighted by Crippen LogP contribution is -2.47. The summed E-state index contributed by atoms with van der Waals surface area (Å²) in [7, 11) is 0. The molecule has 0 aliphatic carbocycles. The Kier molecular flexibility index (Phi) is 5.23. The van der Waals surface area contributed by atoms with Crippen molar-refractivity contribution >= 4 is 11.9 Å². The van der Waals surface area contributed by atoms with E-state index in [0.717, 1.165) is 6.20 Å². The van der Waals surface area contributed by atoms with Gasteiger partial charge in [0.1, 0.15) is 17.3 Å². The number of hydrogen-bond acceptors (Lipinski definition) is 5. The van der Waals surface area contributed by atoms with Crippen LogP contribution in [0.2, 0.25) is 0 Å². The number of carbonyl (C=O) groups is 2. The predicted molar refractivity (Wildman–Crippen MR) is 76.8 cm³/mol. The Morgan fingerprint density at radius 1 is 1.33 bits per heavy atom. The number of H-pyrrole nitrogens is 1. The zero-order valence-electron chi connectivity index (χ0n) is 12.9. The molecule has 0 radical (unpaired) electrons. The van der Waals surface area contributed by atoms with Crippen molar-refractivity contribution in [3.63, 3.8) is 0 Å². The minimum atomic E-state index is -0.787. The van der Waals surface area contributed by atoms with Gasteiger partial charge in [-0.25, -0.2) is 9.78 Å². The molecule has 0 fully saturated rings. The van der Waals surface area contributed by atoms with Crippen LogP contribution in [-0.2, 0) is 9.53 Å². The molecule has 0 unspecified atom stereocenters. The van der Waals surface area contributed by atoms with Gasteiger partial charge in [-0.3, -0.25) is 9.59 Å². The molecule has 1 atom stereocenters. The van der Waals surface area contributed by atoms with E-state index in [1.54, 1.807) is 34.6 Å². The number of nitrogens with one attached hydrogen (secondary N) is 2. The number of rotatable bonds is 4. The summed E-state index contributed by atoms with van der Waals surface area (Å²) < 4.78 is 5.29. The van der Waals surface area contributed by atoms with E-state index in [1.807, 2.05) is 0 Å². The van der Waals surface area contributed by atoms with Crippen LogP contribution in [0.5, 0.6) is 0 Å². The predicted octanol–water partition coefficient (Wildman–Crippen LogP) is 0.866. The first-order valence-electron chi connectivity index (χ1n) is 6.68. The van der Waals surface area contributed by atoms with Crippen LogP contribution in [0.3, 0.4) is 0 Å². The zero-order chi connectivity index (χ0) is 16.2. The normalized spacial score (nSPS) is 12.9. The minimum Gasteiger partial charge on any atom is -0.458 e. The van der Waals surface area contributed by atoms with Crippen molar-refractivity contribution in [1.29, 1.82) is 0 Å². The van der Waals surface area contributed by atoms with Gasteiger partial charge in [0.25, 0.3) is 11.5 Å². The molecule has 0 saturated carbocycles. The van der Waals surface area contributed by atoms with E-state index in [2.05, 4.69) is 15.3 Å². The van der Waals surface area contributed by atoms with Gasteiger partial charge in [0, 0.05) is 6.20 Å². The summed E-state index contributed by atoms with van der Waals surface area (Å²) in [6.45, 7) is 8.87. The molecular weight excluding hydrogens is 274 g/mol. The Morgan fingerprint density at radius 3 is 2.38 bits per heavy atom. The molecule has 7 nitrogen and oxygen atoms in total. The third-order valence-corrected chi connectivity index (χ3v) is 2.52. The fourth-order valence-corrected chi connectivity index (χ4v) is 1.54. The number of esters is 1. The molecule has 21 heavy (non-hydrogen) atoms. The van der Waals surface area contributed by atoms with Crippen LogP contribution in [-0.4, -0.2) is 33.5 Å². The summed E-state index contributed by atoms with van der Waals surface area (Å²) in [4.78, 5) is 41.1. The van der Waals surface area contributed by atoms with E-state index in [9.17, 15) is 14.4 Å². The van der Waals surface area contributed by atoms with Crippen LogP contribution in [0.4, 0.5) is 0 Å². The fraction of sp³-hybridized carbons (Fsp3) is 0.571. The summed E-state index contributed by atoms with van der Waals surface area (Å²) in [5, 5.41) is 2.58. The van der Waals surface area contributed by atoms with Crippen LogP contribution in [0.15, 0.2) is 17.2 Å². The molecule has 0 aliphatic heterocycles. The number of aromatic nitrogens is 2. The van der Waals surface area contributed by atoms with Crippen LogP contribution in [0.25, 0.3) is 0 Å². The summed E-state index contributed by atoms with van der Waals surface area (Å²) in [6, 6.07) is -0.787. The van der Waals surface area contributed by atoms with Gasteiger partial charge in [0.2, 0.25) is 0 Å². The van der Waals surface area contributed by atoms with Crippen LogP contribution in [0.1, 0.15) is 45.1 Å². The Hall–Kier alpha value is -2.18. The number of amides is 1. The molecule has 2 N–H and O–H groups in total. The minimum absolute atomic E-state index is 0.0313. The van der Waals surface area contributed by atoms with E-state index in [-0.39, 0.29) is 11.6 Å². The molecule has 0 bridgehead atoms. The van der Waals surface area contributed by atoms with Gasteiger partial charge in [-0.05, 0) is 26.7 Å². The van der Waals surface area contributed by atoms with Gasteiger partial charge in [-0.15, -0.1) is 0 Å². The molecule has 116 valence electrons. The second kappa shape index (κ2) is 6.51. The van der Waals surface area contributed by atoms with E-state index in [4.69, 9.17) is 4.74 Å². The van der Waals surface area contributed by atoms with Gasteiger partial charge in [-0.2, -0.15) is 0 Å². The smallest absolute Gasteiger partial charge is 0.329 e. The maximum Gasteiger partial charge on any atom is 0.329 e. The SMILES string of the molecule is CC(C)[C@@H](NC(=O)c1c[nH]c(=O)cn1)C(=O)OC(C)(C)C. The van der Waals surface area contributed by atoms with Crippen molar-refractivity contribution in [2.45, 2.75) is 46.3 Å². The maximum atomic E-state index is 12.1. The highest BCUT2D eigenvalue weighted by Crippen LogP contribution is 2.12. The Labute approximate surface area is 123 Å². The molecule has 0 aliphatic rings. The molecule has 0 saturated heterocycles. The van der Waals surface area contributed by atoms with Crippen molar-refractivity contribution in [1.82, 2.24) is 15.3 Å². The van der Waals surface area contributed by atoms with E-state index in [0.29, 0.717) is 0 Å². The van der Waals surface area contributed by atoms with Crippen molar-refractivity contribution in [2.24, 2.45) is 5.92 Å². The molecule has 0 aromatic carbocycles. The van der Waals surface area contributed by atoms with Gasteiger partial charge in [0.05, 0.1) is 6.20 Å². The first-order valence-corrected chi connectivity index (χ1v) is 6.68. The second-order valence-corrected chi connectivity index (χ2v) is 6.02. The molecular formula is C14H21N3O4. The van der Waals surface area contributed by atoms with Crippen molar-refractivity contribution < 1.29 is 14.3 Å². The summed E-state index contributed by atoms with van der Waals surface area (Å²) in [5.41, 5.74) is -1.01. The molecule has 7 heteroatoms. The van der Waals surface area contributed by atoms with E-state index < -0.39 is 29.1 Å².